The van der Waals surface area contributed by atoms with Crippen molar-refractivity contribution >= 4 is 0 Å². The first kappa shape index (κ1) is 13.1. The van der Waals surface area contributed by atoms with Crippen molar-refractivity contribution in [1.29, 1.82) is 0 Å². The van der Waals surface area contributed by atoms with Gasteiger partial charge in [-0.05, 0) is 32.4 Å². The lowest BCUT2D eigenvalue weighted by Gasteiger charge is -2.19. The minimum absolute atomic E-state index is 0.142. The first-order valence-electron chi connectivity index (χ1n) is 6.85. The van der Waals surface area contributed by atoms with E-state index in [0.29, 0.717) is 0 Å². The second kappa shape index (κ2) is 6.05. The van der Waals surface area contributed by atoms with Gasteiger partial charge in [0.05, 0.1) is 6.20 Å². The number of aromatic hydroxyl groups is 1. The highest BCUT2D eigenvalue weighted by molar-refractivity contribution is 5.20. The van der Waals surface area contributed by atoms with Crippen LogP contribution in [0.25, 0.3) is 0 Å². The molecule has 0 unspecified atom stereocenters. The summed E-state index contributed by atoms with van der Waals surface area (Å²) in [5, 5.41) is 9.54. The first-order valence-corrected chi connectivity index (χ1v) is 6.85. The predicted octanol–water partition coefficient (Wildman–Crippen LogP) is 1.95. The average Bonchev–Trinajstić information content (AvgIpc) is 2.84. The molecule has 100 valence electrons. The molecule has 0 saturated carbocycles. The number of hydrogen-bond donors (Lipinski definition) is 1. The predicted molar refractivity (Wildman–Crippen MR) is 71.8 cm³/mol. The fourth-order valence-electron chi connectivity index (χ4n) is 2.45. The lowest BCUT2D eigenvalue weighted by Crippen LogP contribution is -2.23. The molecule has 0 amide bonds. The van der Waals surface area contributed by atoms with E-state index < -0.39 is 0 Å². The maximum Gasteiger partial charge on any atom is 0.223 e. The Morgan fingerprint density at radius 3 is 2.72 bits per heavy atom. The van der Waals surface area contributed by atoms with E-state index >= 15 is 0 Å². The zero-order valence-corrected chi connectivity index (χ0v) is 11.1. The molecule has 2 rings (SSSR count). The van der Waals surface area contributed by atoms with Crippen molar-refractivity contribution in [1.82, 2.24) is 9.47 Å². The van der Waals surface area contributed by atoms with Gasteiger partial charge in [-0.3, -0.25) is 9.69 Å². The smallest absolute Gasteiger partial charge is 0.223 e. The molecule has 18 heavy (non-hydrogen) atoms. The Balaban J connectivity index is 2.19. The van der Waals surface area contributed by atoms with Crippen LogP contribution in [-0.4, -0.2) is 27.7 Å². The third-order valence-electron chi connectivity index (χ3n) is 3.53. The van der Waals surface area contributed by atoms with Crippen molar-refractivity contribution in [3.8, 4) is 5.75 Å². The standard InChI is InChI=1S/C14H22N2O2/c1-2-3-8-16-11-14(18)13(17)9-12(16)10-15-6-4-5-7-15/h9,11,18H,2-8,10H2,1H3. The monoisotopic (exact) mass is 250 g/mol. The van der Waals surface area contributed by atoms with Crippen LogP contribution in [0.3, 0.4) is 0 Å². The summed E-state index contributed by atoms with van der Waals surface area (Å²) in [6.07, 6.45) is 6.25. The summed E-state index contributed by atoms with van der Waals surface area (Å²) < 4.78 is 2.03. The van der Waals surface area contributed by atoms with Crippen LogP contribution < -0.4 is 5.43 Å². The molecule has 1 saturated heterocycles. The molecule has 2 heterocycles. The van der Waals surface area contributed by atoms with Crippen molar-refractivity contribution in [2.75, 3.05) is 13.1 Å². The first-order chi connectivity index (χ1) is 8.70. The second-order valence-electron chi connectivity index (χ2n) is 5.04. The molecule has 0 aliphatic carbocycles. The summed E-state index contributed by atoms with van der Waals surface area (Å²) in [5.74, 6) is -0.142. The third-order valence-corrected chi connectivity index (χ3v) is 3.53. The highest BCUT2D eigenvalue weighted by atomic mass is 16.3. The van der Waals surface area contributed by atoms with Crippen LogP contribution in [0.4, 0.5) is 0 Å². The van der Waals surface area contributed by atoms with Crippen LogP contribution in [0.15, 0.2) is 17.1 Å². The zero-order valence-electron chi connectivity index (χ0n) is 11.1. The van der Waals surface area contributed by atoms with E-state index in [2.05, 4.69) is 11.8 Å². The average molecular weight is 250 g/mol. The molecular formula is C14H22N2O2. The number of pyridine rings is 1. The molecule has 0 atom stereocenters. The molecule has 1 aromatic rings. The van der Waals surface area contributed by atoms with Gasteiger partial charge in [0.15, 0.2) is 5.75 Å². The number of rotatable bonds is 5. The Hall–Kier alpha value is -1.29. The van der Waals surface area contributed by atoms with E-state index in [-0.39, 0.29) is 11.2 Å². The molecule has 0 aromatic carbocycles. The van der Waals surface area contributed by atoms with Crippen LogP contribution in [0, 0.1) is 0 Å². The van der Waals surface area contributed by atoms with Crippen LogP contribution in [0.5, 0.6) is 5.75 Å². The van der Waals surface area contributed by atoms with E-state index in [1.54, 1.807) is 12.3 Å². The van der Waals surface area contributed by atoms with Crippen molar-refractivity contribution in [3.05, 3.63) is 28.2 Å². The van der Waals surface area contributed by atoms with E-state index in [9.17, 15) is 9.90 Å². The van der Waals surface area contributed by atoms with Crippen LogP contribution in [0.1, 0.15) is 38.3 Å². The van der Waals surface area contributed by atoms with E-state index in [1.807, 2.05) is 4.57 Å². The maximum absolute atomic E-state index is 11.6. The molecule has 0 bridgehead atoms. The molecule has 0 radical (unpaired) electrons. The molecule has 0 spiro atoms. The lowest BCUT2D eigenvalue weighted by atomic mass is 10.2. The van der Waals surface area contributed by atoms with Gasteiger partial charge in [-0.25, -0.2) is 0 Å². The molecule has 1 N–H and O–H groups in total. The Labute approximate surface area is 108 Å². The van der Waals surface area contributed by atoms with E-state index in [4.69, 9.17) is 0 Å². The van der Waals surface area contributed by atoms with Crippen molar-refractivity contribution in [3.63, 3.8) is 0 Å². The summed E-state index contributed by atoms with van der Waals surface area (Å²) >= 11 is 0. The Bertz CT molecular complexity index is 448. The van der Waals surface area contributed by atoms with Crippen LogP contribution >= 0.6 is 0 Å². The SMILES string of the molecule is CCCCn1cc(O)c(=O)cc1CN1CCCC1. The Morgan fingerprint density at radius 1 is 1.33 bits per heavy atom. The van der Waals surface area contributed by atoms with Gasteiger partial charge in [-0.1, -0.05) is 13.3 Å². The fraction of sp³-hybridized carbons (Fsp3) is 0.643. The molecule has 1 fully saturated rings. The summed E-state index contributed by atoms with van der Waals surface area (Å²) in [6, 6.07) is 1.59. The van der Waals surface area contributed by atoms with Gasteiger partial charge >= 0.3 is 0 Å². The van der Waals surface area contributed by atoms with Crippen molar-refractivity contribution in [2.24, 2.45) is 0 Å². The normalized spacial score (nSPS) is 16.3. The van der Waals surface area contributed by atoms with Gasteiger partial charge in [-0.2, -0.15) is 0 Å². The summed E-state index contributed by atoms with van der Waals surface area (Å²) in [5.41, 5.74) is 0.755. The van der Waals surface area contributed by atoms with E-state index in [0.717, 1.165) is 44.7 Å². The molecule has 4 nitrogen and oxygen atoms in total. The van der Waals surface area contributed by atoms with Crippen molar-refractivity contribution < 1.29 is 5.11 Å². The van der Waals surface area contributed by atoms with Gasteiger partial charge in [0.2, 0.25) is 5.43 Å². The quantitative estimate of drug-likeness (QED) is 0.868. The van der Waals surface area contributed by atoms with E-state index in [1.165, 1.54) is 12.8 Å². The fourth-order valence-corrected chi connectivity index (χ4v) is 2.45. The minimum Gasteiger partial charge on any atom is -0.503 e. The highest BCUT2D eigenvalue weighted by Gasteiger charge is 2.14. The Morgan fingerprint density at radius 2 is 2.06 bits per heavy atom. The maximum atomic E-state index is 11.6. The van der Waals surface area contributed by atoms with Gasteiger partial charge in [0.25, 0.3) is 0 Å². The number of unbranched alkanes of at least 4 members (excludes halogenated alkanes) is 1. The number of nitrogens with zero attached hydrogens (tertiary/aromatic N) is 2. The number of aromatic nitrogens is 1. The van der Waals surface area contributed by atoms with Gasteiger partial charge in [0, 0.05) is 24.8 Å². The lowest BCUT2D eigenvalue weighted by molar-refractivity contribution is 0.318. The summed E-state index contributed by atoms with van der Waals surface area (Å²) in [6.45, 7) is 6.06. The number of likely N-dealkylation sites (tertiary alicyclic amines) is 1. The van der Waals surface area contributed by atoms with Gasteiger partial charge < -0.3 is 9.67 Å². The summed E-state index contributed by atoms with van der Waals surface area (Å²) in [7, 11) is 0. The highest BCUT2D eigenvalue weighted by Crippen LogP contribution is 2.14. The molecule has 1 aromatic heterocycles. The minimum atomic E-state index is -0.267. The third kappa shape index (κ3) is 3.13. The van der Waals surface area contributed by atoms with Crippen LogP contribution in [0.2, 0.25) is 0 Å². The summed E-state index contributed by atoms with van der Waals surface area (Å²) in [4.78, 5) is 13.9. The number of hydrogen-bond acceptors (Lipinski definition) is 3. The Kier molecular flexibility index (Phi) is 4.42. The van der Waals surface area contributed by atoms with Crippen molar-refractivity contribution in [2.45, 2.75) is 45.7 Å². The van der Waals surface area contributed by atoms with Gasteiger partial charge in [0.1, 0.15) is 0 Å². The molecule has 4 heteroatoms. The zero-order chi connectivity index (χ0) is 13.0. The van der Waals surface area contributed by atoms with Gasteiger partial charge in [-0.15, -0.1) is 0 Å². The second-order valence-corrected chi connectivity index (χ2v) is 5.04. The number of aryl methyl sites for hydroxylation is 1. The topological polar surface area (TPSA) is 45.5 Å². The largest absolute Gasteiger partial charge is 0.503 e. The molecule has 1 aliphatic rings. The molecular weight excluding hydrogens is 228 g/mol. The molecule has 1 aliphatic heterocycles. The van der Waals surface area contributed by atoms with Crippen LogP contribution in [-0.2, 0) is 13.1 Å².